The average Bonchev–Trinajstić information content (AvgIpc) is 2.79. The van der Waals surface area contributed by atoms with Gasteiger partial charge in [0.25, 0.3) is 0 Å². The monoisotopic (exact) mass is 255 g/mol. The van der Waals surface area contributed by atoms with Gasteiger partial charge in [0, 0.05) is 0 Å². The Bertz CT molecular complexity index is 532. The van der Waals surface area contributed by atoms with Gasteiger partial charge in [0.15, 0.2) is 0 Å². The Hall–Kier alpha value is -1.33. The molecule has 0 bridgehead atoms. The van der Waals surface area contributed by atoms with Crippen molar-refractivity contribution in [3.63, 3.8) is 0 Å². The summed E-state index contributed by atoms with van der Waals surface area (Å²) in [5.41, 5.74) is 1.22. The Kier molecular flexibility index (Phi) is 2.91. The summed E-state index contributed by atoms with van der Waals surface area (Å²) in [4.78, 5) is 0. The van der Waals surface area contributed by atoms with E-state index in [-0.39, 0.29) is 5.92 Å². The van der Waals surface area contributed by atoms with Crippen molar-refractivity contribution in [2.45, 2.75) is 51.0 Å². The second-order valence-corrected chi connectivity index (χ2v) is 6.36. The van der Waals surface area contributed by atoms with Gasteiger partial charge in [0.05, 0.1) is 17.1 Å². The maximum absolute atomic E-state index is 11.1. The van der Waals surface area contributed by atoms with E-state index in [2.05, 4.69) is 31.2 Å². The number of nitrogens with zero attached hydrogens (tertiary/aromatic N) is 1. The van der Waals surface area contributed by atoms with Crippen LogP contribution in [0, 0.1) is 22.7 Å². The first kappa shape index (κ1) is 12.7. The van der Waals surface area contributed by atoms with Gasteiger partial charge >= 0.3 is 0 Å². The molecule has 0 spiro atoms. The molecule has 0 aliphatic heterocycles. The minimum absolute atomic E-state index is 0.234. The van der Waals surface area contributed by atoms with E-state index in [9.17, 15) is 10.4 Å². The van der Waals surface area contributed by atoms with Gasteiger partial charge in [-0.25, -0.2) is 0 Å². The van der Waals surface area contributed by atoms with Crippen molar-refractivity contribution in [1.82, 2.24) is 0 Å². The van der Waals surface area contributed by atoms with E-state index >= 15 is 0 Å². The second kappa shape index (κ2) is 4.35. The van der Waals surface area contributed by atoms with Gasteiger partial charge in [0.1, 0.15) is 0 Å². The SMILES string of the molecule is CC1CCCC1(O)C1(C#N)CCc2ccccc2C1. The molecular weight excluding hydrogens is 234 g/mol. The molecule has 0 saturated heterocycles. The van der Waals surface area contributed by atoms with Crippen LogP contribution in [0.15, 0.2) is 24.3 Å². The van der Waals surface area contributed by atoms with Crippen LogP contribution in [0.25, 0.3) is 0 Å². The molecule has 1 N–H and O–H groups in total. The molecule has 0 amide bonds. The summed E-state index contributed by atoms with van der Waals surface area (Å²) in [6.45, 7) is 2.10. The Labute approximate surface area is 115 Å². The fraction of sp³-hybridized carbons (Fsp3) is 0.588. The summed E-state index contributed by atoms with van der Waals surface area (Å²) in [7, 11) is 0. The molecule has 0 radical (unpaired) electrons. The van der Waals surface area contributed by atoms with Gasteiger partial charge in [-0.05, 0) is 49.1 Å². The van der Waals surface area contributed by atoms with E-state index in [1.807, 2.05) is 6.07 Å². The molecule has 2 aliphatic rings. The number of fused-ring (bicyclic) bond motifs is 1. The Morgan fingerprint density at radius 3 is 2.63 bits per heavy atom. The van der Waals surface area contributed by atoms with E-state index in [0.29, 0.717) is 6.42 Å². The predicted octanol–water partition coefficient (Wildman–Crippen LogP) is 3.24. The van der Waals surface area contributed by atoms with Gasteiger partial charge < -0.3 is 5.11 Å². The molecule has 3 unspecified atom stereocenters. The zero-order chi connectivity index (χ0) is 13.5. The van der Waals surface area contributed by atoms with Crippen molar-refractivity contribution in [2.75, 3.05) is 0 Å². The first-order chi connectivity index (χ1) is 9.11. The quantitative estimate of drug-likeness (QED) is 0.837. The van der Waals surface area contributed by atoms with Gasteiger partial charge in [-0.15, -0.1) is 0 Å². The lowest BCUT2D eigenvalue weighted by molar-refractivity contribution is -0.0867. The third-order valence-electron chi connectivity index (χ3n) is 5.48. The molecule has 3 rings (SSSR count). The van der Waals surface area contributed by atoms with Crippen LogP contribution in [-0.4, -0.2) is 10.7 Å². The van der Waals surface area contributed by atoms with Crippen LogP contribution in [0.1, 0.15) is 43.7 Å². The topological polar surface area (TPSA) is 44.0 Å². The highest BCUT2D eigenvalue weighted by molar-refractivity contribution is 5.35. The molecule has 2 heteroatoms. The molecule has 100 valence electrons. The summed E-state index contributed by atoms with van der Waals surface area (Å²) < 4.78 is 0. The molecule has 19 heavy (non-hydrogen) atoms. The molecule has 2 nitrogen and oxygen atoms in total. The number of hydrogen-bond acceptors (Lipinski definition) is 2. The zero-order valence-electron chi connectivity index (χ0n) is 11.5. The van der Waals surface area contributed by atoms with Crippen LogP contribution in [0.5, 0.6) is 0 Å². The summed E-state index contributed by atoms with van der Waals surface area (Å²) in [6.07, 6.45) is 5.29. The van der Waals surface area contributed by atoms with Crippen LogP contribution >= 0.6 is 0 Å². The molecule has 2 aliphatic carbocycles. The zero-order valence-corrected chi connectivity index (χ0v) is 11.5. The molecule has 1 saturated carbocycles. The van der Waals surface area contributed by atoms with Crippen LogP contribution < -0.4 is 0 Å². The molecule has 3 atom stereocenters. The van der Waals surface area contributed by atoms with Crippen LogP contribution in [-0.2, 0) is 12.8 Å². The van der Waals surface area contributed by atoms with Gasteiger partial charge in [-0.3, -0.25) is 0 Å². The summed E-state index contributed by atoms with van der Waals surface area (Å²) >= 11 is 0. The van der Waals surface area contributed by atoms with Crippen molar-refractivity contribution >= 4 is 0 Å². The Balaban J connectivity index is 2.01. The molecular formula is C17H21NO. The fourth-order valence-electron chi connectivity index (χ4n) is 4.17. The van der Waals surface area contributed by atoms with Crippen molar-refractivity contribution < 1.29 is 5.11 Å². The highest BCUT2D eigenvalue weighted by Gasteiger charge is 2.56. The first-order valence-electron chi connectivity index (χ1n) is 7.32. The fourth-order valence-corrected chi connectivity index (χ4v) is 4.17. The predicted molar refractivity (Wildman–Crippen MR) is 74.5 cm³/mol. The molecule has 1 fully saturated rings. The van der Waals surface area contributed by atoms with E-state index in [1.54, 1.807) is 0 Å². The Morgan fingerprint density at radius 2 is 2.00 bits per heavy atom. The third-order valence-corrected chi connectivity index (χ3v) is 5.48. The van der Waals surface area contributed by atoms with Crippen LogP contribution in [0.4, 0.5) is 0 Å². The smallest absolute Gasteiger partial charge is 0.0906 e. The third kappa shape index (κ3) is 1.72. The summed E-state index contributed by atoms with van der Waals surface area (Å²) in [6, 6.07) is 10.9. The number of benzene rings is 1. The minimum atomic E-state index is -0.796. The lowest BCUT2D eigenvalue weighted by atomic mass is 9.60. The molecule has 0 heterocycles. The number of aryl methyl sites for hydroxylation is 1. The van der Waals surface area contributed by atoms with E-state index in [4.69, 9.17) is 0 Å². The summed E-state index contributed by atoms with van der Waals surface area (Å²) in [5.74, 6) is 0.234. The standard InChI is InChI=1S/C17H21NO/c1-13-5-4-9-17(13,19)16(12-18)10-8-14-6-2-3-7-15(14)11-16/h2-3,6-7,13,19H,4-5,8-11H2,1H3. The van der Waals surface area contributed by atoms with E-state index < -0.39 is 11.0 Å². The lowest BCUT2D eigenvalue weighted by Gasteiger charge is -2.46. The number of nitriles is 1. The Morgan fingerprint density at radius 1 is 1.26 bits per heavy atom. The molecule has 1 aromatic rings. The molecule has 0 aromatic heterocycles. The van der Waals surface area contributed by atoms with E-state index in [1.165, 1.54) is 11.1 Å². The minimum Gasteiger partial charge on any atom is -0.388 e. The number of hydrogen-bond donors (Lipinski definition) is 1. The van der Waals surface area contributed by atoms with Gasteiger partial charge in [0.2, 0.25) is 0 Å². The average molecular weight is 255 g/mol. The van der Waals surface area contributed by atoms with Gasteiger partial charge in [-0.2, -0.15) is 5.26 Å². The second-order valence-electron chi connectivity index (χ2n) is 6.36. The number of rotatable bonds is 1. The largest absolute Gasteiger partial charge is 0.388 e. The molecule has 1 aromatic carbocycles. The van der Waals surface area contributed by atoms with Crippen molar-refractivity contribution in [3.8, 4) is 6.07 Å². The maximum atomic E-state index is 11.1. The van der Waals surface area contributed by atoms with Crippen LogP contribution in [0.3, 0.4) is 0 Å². The van der Waals surface area contributed by atoms with Crippen LogP contribution in [0.2, 0.25) is 0 Å². The lowest BCUT2D eigenvalue weighted by Crippen LogP contribution is -2.52. The number of aliphatic hydroxyl groups is 1. The normalized spacial score (nSPS) is 37.6. The first-order valence-corrected chi connectivity index (χ1v) is 7.32. The maximum Gasteiger partial charge on any atom is 0.0906 e. The highest BCUT2D eigenvalue weighted by Crippen LogP contribution is 2.53. The van der Waals surface area contributed by atoms with Crippen molar-refractivity contribution in [2.24, 2.45) is 11.3 Å². The van der Waals surface area contributed by atoms with E-state index in [0.717, 1.165) is 32.1 Å². The van der Waals surface area contributed by atoms with Crippen molar-refractivity contribution in [3.05, 3.63) is 35.4 Å². The van der Waals surface area contributed by atoms with Gasteiger partial charge in [-0.1, -0.05) is 37.6 Å². The van der Waals surface area contributed by atoms with Crippen molar-refractivity contribution in [1.29, 1.82) is 5.26 Å². The summed E-state index contributed by atoms with van der Waals surface area (Å²) in [5, 5.41) is 20.9. The highest BCUT2D eigenvalue weighted by atomic mass is 16.3.